The number of nitrogens with zero attached hydrogens (tertiary/aromatic N) is 3. The first kappa shape index (κ1) is 10.6. The van der Waals surface area contributed by atoms with Crippen molar-refractivity contribution in [2.45, 2.75) is 32.0 Å². The molecule has 2 rings (SSSR count). The van der Waals surface area contributed by atoms with Gasteiger partial charge in [-0.2, -0.15) is 0 Å². The van der Waals surface area contributed by atoms with Crippen LogP contribution in [0.3, 0.4) is 0 Å². The van der Waals surface area contributed by atoms with E-state index in [0.717, 1.165) is 25.3 Å². The van der Waals surface area contributed by atoms with Crippen molar-refractivity contribution >= 4 is 0 Å². The Balaban J connectivity index is 1.98. The first-order valence-electron chi connectivity index (χ1n) is 5.44. The minimum Gasteiger partial charge on any atom is -0.337 e. The number of halogens is 1. The van der Waals surface area contributed by atoms with Crippen molar-refractivity contribution < 1.29 is 4.39 Å². The van der Waals surface area contributed by atoms with Crippen molar-refractivity contribution in [3.63, 3.8) is 0 Å². The molecule has 2 heterocycles. The molecule has 1 aliphatic heterocycles. The van der Waals surface area contributed by atoms with Crippen molar-refractivity contribution in [1.82, 2.24) is 14.5 Å². The molecule has 0 bridgehead atoms. The molecule has 1 aromatic rings. The van der Waals surface area contributed by atoms with E-state index in [-0.39, 0.29) is 0 Å². The molecular weight excluding hydrogens is 193 g/mol. The quantitative estimate of drug-likeness (QED) is 0.743. The number of aromatic nitrogens is 2. The molecule has 0 radical (unpaired) electrons. The average molecular weight is 211 g/mol. The van der Waals surface area contributed by atoms with E-state index in [1.807, 2.05) is 17.8 Å². The molecule has 0 aromatic carbocycles. The molecule has 1 saturated heterocycles. The SMILES string of the molecule is Cn1ccnc1CN1CCC[C@@](C)(F)C1. The summed E-state index contributed by atoms with van der Waals surface area (Å²) in [7, 11) is 1.97. The largest absolute Gasteiger partial charge is 0.337 e. The lowest BCUT2D eigenvalue weighted by Crippen LogP contribution is -2.43. The Bertz CT molecular complexity index is 332. The number of alkyl halides is 1. The zero-order chi connectivity index (χ0) is 10.9. The van der Waals surface area contributed by atoms with Crippen LogP contribution in [0.5, 0.6) is 0 Å². The van der Waals surface area contributed by atoms with Gasteiger partial charge in [0.05, 0.1) is 6.54 Å². The van der Waals surface area contributed by atoms with Gasteiger partial charge in [-0.25, -0.2) is 9.37 Å². The molecule has 0 spiro atoms. The Morgan fingerprint density at radius 3 is 3.00 bits per heavy atom. The lowest BCUT2D eigenvalue weighted by atomic mass is 9.97. The first-order chi connectivity index (χ1) is 7.07. The van der Waals surface area contributed by atoms with Crippen LogP contribution in [0.2, 0.25) is 0 Å². The van der Waals surface area contributed by atoms with E-state index in [1.165, 1.54) is 0 Å². The summed E-state index contributed by atoms with van der Waals surface area (Å²) in [6.45, 7) is 3.95. The number of aryl methyl sites for hydroxylation is 1. The molecule has 4 heteroatoms. The zero-order valence-corrected chi connectivity index (χ0v) is 9.41. The van der Waals surface area contributed by atoms with Crippen LogP contribution < -0.4 is 0 Å². The summed E-state index contributed by atoms with van der Waals surface area (Å²) in [5.74, 6) is 1.01. The molecule has 0 N–H and O–H groups in total. The van der Waals surface area contributed by atoms with Crippen LogP contribution >= 0.6 is 0 Å². The van der Waals surface area contributed by atoms with Crippen molar-refractivity contribution in [2.24, 2.45) is 7.05 Å². The lowest BCUT2D eigenvalue weighted by Gasteiger charge is -2.34. The van der Waals surface area contributed by atoms with E-state index in [9.17, 15) is 4.39 Å². The van der Waals surface area contributed by atoms with E-state index in [4.69, 9.17) is 0 Å². The van der Waals surface area contributed by atoms with Gasteiger partial charge >= 0.3 is 0 Å². The van der Waals surface area contributed by atoms with Crippen LogP contribution in [0.4, 0.5) is 4.39 Å². The van der Waals surface area contributed by atoms with Gasteiger partial charge < -0.3 is 4.57 Å². The fourth-order valence-electron chi connectivity index (χ4n) is 2.18. The molecule has 1 fully saturated rings. The van der Waals surface area contributed by atoms with Gasteiger partial charge in [0.25, 0.3) is 0 Å². The molecule has 1 aromatic heterocycles. The van der Waals surface area contributed by atoms with E-state index in [1.54, 1.807) is 13.1 Å². The standard InChI is InChI=1S/C11H18FN3/c1-11(12)4-3-6-15(9-11)8-10-13-5-7-14(10)2/h5,7H,3-4,6,8-9H2,1-2H3/t11-/m1/s1. The fraction of sp³-hybridized carbons (Fsp3) is 0.727. The normalized spacial score (nSPS) is 28.2. The summed E-state index contributed by atoms with van der Waals surface area (Å²) in [4.78, 5) is 6.40. The van der Waals surface area contributed by atoms with Gasteiger partial charge in [-0.1, -0.05) is 0 Å². The van der Waals surface area contributed by atoms with Gasteiger partial charge in [-0.3, -0.25) is 4.90 Å². The second-order valence-corrected chi connectivity index (χ2v) is 4.68. The van der Waals surface area contributed by atoms with Crippen LogP contribution in [0.15, 0.2) is 12.4 Å². The topological polar surface area (TPSA) is 21.1 Å². The Hall–Kier alpha value is -0.900. The van der Waals surface area contributed by atoms with Gasteiger partial charge in [0, 0.05) is 26.0 Å². The maximum atomic E-state index is 13.8. The summed E-state index contributed by atoms with van der Waals surface area (Å²) >= 11 is 0. The maximum Gasteiger partial charge on any atom is 0.122 e. The number of likely N-dealkylation sites (tertiary alicyclic amines) is 1. The van der Waals surface area contributed by atoms with E-state index in [2.05, 4.69) is 9.88 Å². The Labute approximate surface area is 89.9 Å². The second-order valence-electron chi connectivity index (χ2n) is 4.68. The molecule has 0 aliphatic carbocycles. The second kappa shape index (κ2) is 3.93. The summed E-state index contributed by atoms with van der Waals surface area (Å²) < 4.78 is 15.8. The fourth-order valence-corrected chi connectivity index (χ4v) is 2.18. The maximum absolute atomic E-state index is 13.8. The van der Waals surface area contributed by atoms with E-state index in [0.29, 0.717) is 13.0 Å². The third-order valence-electron chi connectivity index (χ3n) is 3.01. The monoisotopic (exact) mass is 211 g/mol. The molecule has 0 unspecified atom stereocenters. The van der Waals surface area contributed by atoms with Gasteiger partial charge in [-0.15, -0.1) is 0 Å². The van der Waals surface area contributed by atoms with Crippen LogP contribution in [-0.2, 0) is 13.6 Å². The van der Waals surface area contributed by atoms with Gasteiger partial charge in [0.1, 0.15) is 11.5 Å². The van der Waals surface area contributed by atoms with Crippen LogP contribution in [0.1, 0.15) is 25.6 Å². The molecule has 1 aliphatic rings. The zero-order valence-electron chi connectivity index (χ0n) is 9.41. The highest BCUT2D eigenvalue weighted by molar-refractivity contribution is 4.93. The summed E-state index contributed by atoms with van der Waals surface area (Å²) in [6.07, 6.45) is 5.34. The van der Waals surface area contributed by atoms with Crippen molar-refractivity contribution in [3.8, 4) is 0 Å². The van der Waals surface area contributed by atoms with Crippen molar-refractivity contribution in [1.29, 1.82) is 0 Å². The number of hydrogen-bond donors (Lipinski definition) is 0. The van der Waals surface area contributed by atoms with Gasteiger partial charge in [0.2, 0.25) is 0 Å². The molecule has 0 saturated carbocycles. The van der Waals surface area contributed by atoms with Crippen molar-refractivity contribution in [2.75, 3.05) is 13.1 Å². The van der Waals surface area contributed by atoms with E-state index < -0.39 is 5.67 Å². The molecule has 15 heavy (non-hydrogen) atoms. The predicted molar refractivity (Wildman–Crippen MR) is 57.2 cm³/mol. The summed E-state index contributed by atoms with van der Waals surface area (Å²) in [6, 6.07) is 0. The summed E-state index contributed by atoms with van der Waals surface area (Å²) in [5.41, 5.74) is -1.02. The average Bonchev–Trinajstić information content (AvgIpc) is 2.50. The van der Waals surface area contributed by atoms with E-state index >= 15 is 0 Å². The molecule has 1 atom stereocenters. The third kappa shape index (κ3) is 2.56. The highest BCUT2D eigenvalue weighted by Crippen LogP contribution is 2.25. The minimum atomic E-state index is -1.02. The van der Waals surface area contributed by atoms with Crippen LogP contribution in [0, 0.1) is 0 Å². The number of imidazole rings is 1. The smallest absolute Gasteiger partial charge is 0.122 e. The first-order valence-corrected chi connectivity index (χ1v) is 5.44. The summed E-state index contributed by atoms with van der Waals surface area (Å²) in [5, 5.41) is 0. The van der Waals surface area contributed by atoms with Gasteiger partial charge in [-0.05, 0) is 26.3 Å². The third-order valence-corrected chi connectivity index (χ3v) is 3.01. The number of piperidine rings is 1. The van der Waals surface area contributed by atoms with Crippen LogP contribution in [-0.4, -0.2) is 33.2 Å². The molecular formula is C11H18FN3. The highest BCUT2D eigenvalue weighted by Gasteiger charge is 2.30. The van der Waals surface area contributed by atoms with Crippen LogP contribution in [0.25, 0.3) is 0 Å². The number of hydrogen-bond acceptors (Lipinski definition) is 2. The molecule has 0 amide bonds. The highest BCUT2D eigenvalue weighted by atomic mass is 19.1. The lowest BCUT2D eigenvalue weighted by molar-refractivity contribution is 0.0545. The molecule has 3 nitrogen and oxygen atoms in total. The Kier molecular flexibility index (Phi) is 2.78. The number of rotatable bonds is 2. The Morgan fingerprint density at radius 1 is 1.60 bits per heavy atom. The Morgan fingerprint density at radius 2 is 2.40 bits per heavy atom. The van der Waals surface area contributed by atoms with Gasteiger partial charge in [0.15, 0.2) is 0 Å². The molecule has 84 valence electrons. The van der Waals surface area contributed by atoms with Crippen molar-refractivity contribution in [3.05, 3.63) is 18.2 Å². The minimum absolute atomic E-state index is 0.528. The predicted octanol–water partition coefficient (Wildman–Crippen LogP) is 1.74.